The molecule has 3 aromatic rings. The summed E-state index contributed by atoms with van der Waals surface area (Å²) in [6.07, 6.45) is 4.70. The summed E-state index contributed by atoms with van der Waals surface area (Å²) in [5.74, 6) is -0.0777. The van der Waals surface area contributed by atoms with E-state index in [0.29, 0.717) is 23.1 Å². The number of pyridine rings is 1. The number of halogens is 2. The molecule has 2 N–H and O–H groups in total. The van der Waals surface area contributed by atoms with Crippen LogP contribution >= 0.6 is 11.8 Å². The Morgan fingerprint density at radius 2 is 2.00 bits per heavy atom. The van der Waals surface area contributed by atoms with Crippen molar-refractivity contribution in [2.24, 2.45) is 11.8 Å². The van der Waals surface area contributed by atoms with Gasteiger partial charge in [-0.25, -0.2) is 8.78 Å². The van der Waals surface area contributed by atoms with Crippen molar-refractivity contribution in [3.63, 3.8) is 0 Å². The van der Waals surface area contributed by atoms with Crippen molar-refractivity contribution in [1.82, 2.24) is 15.2 Å². The number of ether oxygens (including phenoxy) is 1. The Bertz CT molecular complexity index is 1220. The Kier molecular flexibility index (Phi) is 9.93. The van der Waals surface area contributed by atoms with E-state index in [1.807, 2.05) is 37.5 Å². The average molecular weight is 544 g/mol. The molecule has 1 aromatic heterocycles. The SMILES string of the molecule is CN[C@H](CC[C@@H]1CCN(CCSc2cc(F)cc(F)c2)C[C@@H]1CC(=O)O)c1ccnc2ccc(OC)cc12. The van der Waals surface area contributed by atoms with Gasteiger partial charge in [0.25, 0.3) is 0 Å². The molecule has 0 unspecified atom stereocenters. The highest BCUT2D eigenvalue weighted by Gasteiger charge is 2.31. The number of hydrogen-bond acceptors (Lipinski definition) is 6. The molecule has 1 aliphatic heterocycles. The van der Waals surface area contributed by atoms with E-state index in [9.17, 15) is 18.7 Å². The number of carboxylic acids is 1. The molecule has 6 nitrogen and oxygen atoms in total. The van der Waals surface area contributed by atoms with Gasteiger partial charge in [-0.05, 0) is 86.7 Å². The number of piperidine rings is 1. The fraction of sp³-hybridized carbons (Fsp3) is 0.448. The topological polar surface area (TPSA) is 74.7 Å². The van der Waals surface area contributed by atoms with E-state index < -0.39 is 17.6 Å². The maximum atomic E-state index is 13.5. The molecule has 0 amide bonds. The first-order chi connectivity index (χ1) is 18.4. The van der Waals surface area contributed by atoms with E-state index in [-0.39, 0.29) is 18.4 Å². The number of carbonyl (C=O) groups is 1. The molecule has 0 spiro atoms. The van der Waals surface area contributed by atoms with Crippen LogP contribution in [0.2, 0.25) is 0 Å². The first kappa shape index (κ1) is 28.3. The number of rotatable bonds is 12. The van der Waals surface area contributed by atoms with Crippen LogP contribution in [0.15, 0.2) is 53.6 Å². The summed E-state index contributed by atoms with van der Waals surface area (Å²) in [6, 6.07) is 11.6. The number of methoxy groups -OCH3 is 1. The Morgan fingerprint density at radius 1 is 1.21 bits per heavy atom. The third-order valence-corrected chi connectivity index (χ3v) is 8.41. The highest BCUT2D eigenvalue weighted by atomic mass is 32.2. The summed E-state index contributed by atoms with van der Waals surface area (Å²) in [4.78, 5) is 19.0. The van der Waals surface area contributed by atoms with Crippen molar-refractivity contribution in [2.45, 2.75) is 36.6 Å². The Balaban J connectivity index is 1.37. The fourth-order valence-electron chi connectivity index (χ4n) is 5.51. The number of aliphatic carboxylic acids is 1. The lowest BCUT2D eigenvalue weighted by molar-refractivity contribution is -0.139. The molecule has 3 atom stereocenters. The Labute approximate surface area is 226 Å². The fourth-order valence-corrected chi connectivity index (χ4v) is 6.49. The maximum Gasteiger partial charge on any atom is 0.303 e. The second-order valence-electron chi connectivity index (χ2n) is 9.86. The largest absolute Gasteiger partial charge is 0.497 e. The standard InChI is InChI=1S/C29H35F2N3O3S/c1-32-27(25-7-9-33-28-6-4-23(37-2)17-26(25)28)5-3-19-8-10-34(18-20(19)13-29(35)36)11-12-38-24-15-21(30)14-22(31)16-24/h4,6-7,9,14-17,19-20,27,32H,3,5,8,10-13,18H2,1-2H3,(H,35,36)/t19-,20+,27-/m1/s1. The number of fused-ring (bicyclic) bond motifs is 1. The van der Waals surface area contributed by atoms with Gasteiger partial charge in [0, 0.05) is 53.8 Å². The monoisotopic (exact) mass is 543 g/mol. The Hall–Kier alpha value is -2.75. The quantitative estimate of drug-likeness (QED) is 0.281. The van der Waals surface area contributed by atoms with E-state index in [1.54, 1.807) is 7.11 Å². The van der Waals surface area contributed by atoms with Crippen molar-refractivity contribution < 1.29 is 23.4 Å². The first-order valence-corrected chi connectivity index (χ1v) is 14.0. The smallest absolute Gasteiger partial charge is 0.303 e. The molecule has 1 aliphatic rings. The molecule has 9 heteroatoms. The van der Waals surface area contributed by atoms with Crippen molar-refractivity contribution >= 4 is 28.6 Å². The van der Waals surface area contributed by atoms with E-state index >= 15 is 0 Å². The summed E-state index contributed by atoms with van der Waals surface area (Å²) in [7, 11) is 3.61. The number of carboxylic acid groups (broad SMARTS) is 1. The van der Waals surface area contributed by atoms with Gasteiger partial charge < -0.3 is 20.1 Å². The van der Waals surface area contributed by atoms with Gasteiger partial charge >= 0.3 is 5.97 Å². The van der Waals surface area contributed by atoms with Gasteiger partial charge in [-0.1, -0.05) is 0 Å². The molecule has 2 aromatic carbocycles. The zero-order valence-electron chi connectivity index (χ0n) is 21.8. The number of nitrogens with zero attached hydrogens (tertiary/aromatic N) is 2. The molecule has 2 heterocycles. The van der Waals surface area contributed by atoms with Crippen LogP contribution in [-0.4, -0.2) is 60.5 Å². The highest BCUT2D eigenvalue weighted by Crippen LogP contribution is 2.35. The summed E-state index contributed by atoms with van der Waals surface area (Å²) in [6.45, 7) is 2.35. The molecule has 1 fully saturated rings. The zero-order chi connectivity index (χ0) is 27.1. The number of aromatic nitrogens is 1. The minimum Gasteiger partial charge on any atom is -0.497 e. The van der Waals surface area contributed by atoms with Crippen LogP contribution in [0.25, 0.3) is 10.9 Å². The normalized spacial score (nSPS) is 18.9. The van der Waals surface area contributed by atoms with Gasteiger partial charge in [-0.2, -0.15) is 0 Å². The van der Waals surface area contributed by atoms with Crippen LogP contribution in [0.3, 0.4) is 0 Å². The third-order valence-electron chi connectivity index (χ3n) is 7.46. The lowest BCUT2D eigenvalue weighted by Gasteiger charge is -2.38. The first-order valence-electron chi connectivity index (χ1n) is 13.0. The van der Waals surface area contributed by atoms with E-state index in [1.165, 1.54) is 23.9 Å². The van der Waals surface area contributed by atoms with Gasteiger partial charge in [-0.15, -0.1) is 11.8 Å². The van der Waals surface area contributed by atoms with Gasteiger partial charge in [0.2, 0.25) is 0 Å². The highest BCUT2D eigenvalue weighted by molar-refractivity contribution is 7.99. The predicted molar refractivity (Wildman–Crippen MR) is 147 cm³/mol. The second-order valence-corrected chi connectivity index (χ2v) is 11.0. The van der Waals surface area contributed by atoms with Crippen molar-refractivity contribution in [3.8, 4) is 5.75 Å². The molecule has 4 rings (SSSR count). The lowest BCUT2D eigenvalue weighted by atomic mass is 9.79. The molecule has 204 valence electrons. The summed E-state index contributed by atoms with van der Waals surface area (Å²) >= 11 is 1.42. The lowest BCUT2D eigenvalue weighted by Crippen LogP contribution is -2.42. The summed E-state index contributed by atoms with van der Waals surface area (Å²) < 4.78 is 32.4. The summed E-state index contributed by atoms with van der Waals surface area (Å²) in [5, 5.41) is 14.1. The molecular formula is C29H35F2N3O3S. The molecule has 38 heavy (non-hydrogen) atoms. The third kappa shape index (κ3) is 7.42. The van der Waals surface area contributed by atoms with Crippen LogP contribution in [0.5, 0.6) is 5.75 Å². The van der Waals surface area contributed by atoms with E-state index in [4.69, 9.17) is 4.74 Å². The van der Waals surface area contributed by atoms with Gasteiger partial charge in [0.15, 0.2) is 0 Å². The number of likely N-dealkylation sites (tertiary alicyclic amines) is 1. The number of nitrogens with one attached hydrogen (secondary N) is 1. The Morgan fingerprint density at radius 3 is 2.71 bits per heavy atom. The van der Waals surface area contributed by atoms with Crippen molar-refractivity contribution in [1.29, 1.82) is 0 Å². The zero-order valence-corrected chi connectivity index (χ0v) is 22.6. The van der Waals surface area contributed by atoms with Gasteiger partial charge in [0.05, 0.1) is 12.6 Å². The van der Waals surface area contributed by atoms with Gasteiger partial charge in [-0.3, -0.25) is 9.78 Å². The van der Waals surface area contributed by atoms with E-state index in [2.05, 4.69) is 15.2 Å². The van der Waals surface area contributed by atoms with Crippen LogP contribution in [0.1, 0.15) is 37.3 Å². The summed E-state index contributed by atoms with van der Waals surface area (Å²) in [5.41, 5.74) is 2.08. The average Bonchev–Trinajstić information content (AvgIpc) is 2.89. The minimum absolute atomic E-state index is 0.0599. The van der Waals surface area contributed by atoms with Crippen molar-refractivity contribution in [3.05, 3.63) is 65.9 Å². The molecular weight excluding hydrogens is 508 g/mol. The molecule has 0 saturated carbocycles. The molecule has 0 aliphatic carbocycles. The number of thioether (sulfide) groups is 1. The second kappa shape index (κ2) is 13.4. The van der Waals surface area contributed by atoms with Crippen LogP contribution in [0.4, 0.5) is 8.78 Å². The minimum atomic E-state index is -0.774. The molecule has 1 saturated heterocycles. The van der Waals surface area contributed by atoms with Crippen LogP contribution in [-0.2, 0) is 4.79 Å². The molecule has 0 bridgehead atoms. The van der Waals surface area contributed by atoms with Gasteiger partial charge in [0.1, 0.15) is 17.4 Å². The maximum absolute atomic E-state index is 13.5. The van der Waals surface area contributed by atoms with Crippen molar-refractivity contribution in [2.75, 3.05) is 39.5 Å². The predicted octanol–water partition coefficient (Wildman–Crippen LogP) is 5.77. The molecule has 0 radical (unpaired) electrons. The number of benzene rings is 2. The van der Waals surface area contributed by atoms with Crippen LogP contribution in [0, 0.1) is 23.5 Å². The van der Waals surface area contributed by atoms with Crippen LogP contribution < -0.4 is 10.1 Å². The van der Waals surface area contributed by atoms with E-state index in [0.717, 1.165) is 60.6 Å². The number of hydrogen-bond donors (Lipinski definition) is 2.